The minimum Gasteiger partial charge on any atom is -0.464 e. The zero-order chi connectivity index (χ0) is 24.6. The average molecular weight is 470 g/mol. The molecule has 5 nitrogen and oxygen atoms in total. The summed E-state index contributed by atoms with van der Waals surface area (Å²) in [6.07, 6.45) is 1.63. The normalized spacial score (nSPS) is 11.2. The fourth-order valence-electron chi connectivity index (χ4n) is 4.77. The van der Waals surface area contributed by atoms with E-state index in [9.17, 15) is 9.59 Å². The molecular weight excluding hydrogens is 448 g/mol. The van der Waals surface area contributed by atoms with Crippen molar-refractivity contribution in [2.45, 2.75) is 6.54 Å². The van der Waals surface area contributed by atoms with E-state index in [-0.39, 0.29) is 5.78 Å². The first-order valence-electron chi connectivity index (χ1n) is 11.6. The lowest BCUT2D eigenvalue weighted by atomic mass is 10.0. The van der Waals surface area contributed by atoms with E-state index < -0.39 is 5.91 Å². The van der Waals surface area contributed by atoms with Crippen LogP contribution in [0.25, 0.3) is 33.1 Å². The van der Waals surface area contributed by atoms with Crippen LogP contribution in [0.3, 0.4) is 0 Å². The van der Waals surface area contributed by atoms with Crippen LogP contribution in [-0.4, -0.2) is 16.3 Å². The summed E-state index contributed by atoms with van der Waals surface area (Å²) in [6, 6.07) is 33.4. The summed E-state index contributed by atoms with van der Waals surface area (Å²) < 4.78 is 7.74. The molecule has 0 aliphatic carbocycles. The second-order valence-corrected chi connectivity index (χ2v) is 8.67. The maximum atomic E-state index is 13.0. The Morgan fingerprint density at radius 1 is 0.833 bits per heavy atom. The Morgan fingerprint density at radius 2 is 1.64 bits per heavy atom. The van der Waals surface area contributed by atoms with E-state index in [1.165, 1.54) is 0 Å². The lowest BCUT2D eigenvalue weighted by molar-refractivity contribution is 0.1000. The molecule has 2 aromatic heterocycles. The Balaban J connectivity index is 1.52. The quantitative estimate of drug-likeness (QED) is 0.294. The number of furan rings is 1. The highest BCUT2D eigenvalue weighted by Gasteiger charge is 2.18. The fraction of sp³-hybridized carbons (Fsp3) is 0.0323. The van der Waals surface area contributed by atoms with Gasteiger partial charge in [0.2, 0.25) is 5.91 Å². The Hall–Kier alpha value is -4.90. The van der Waals surface area contributed by atoms with Crippen LogP contribution in [0, 0.1) is 6.07 Å². The number of rotatable bonds is 6. The molecular formula is C31H21N2O3. The molecule has 1 radical (unpaired) electrons. The van der Waals surface area contributed by atoms with Crippen LogP contribution in [0.2, 0.25) is 0 Å². The van der Waals surface area contributed by atoms with Crippen molar-refractivity contribution in [3.63, 3.8) is 0 Å². The molecule has 6 rings (SSSR count). The van der Waals surface area contributed by atoms with Crippen molar-refractivity contribution >= 4 is 33.5 Å². The number of nitrogens with zero attached hydrogens (tertiary/aromatic N) is 1. The van der Waals surface area contributed by atoms with Crippen molar-refractivity contribution in [2.24, 2.45) is 5.73 Å². The van der Waals surface area contributed by atoms with Crippen LogP contribution in [0.5, 0.6) is 0 Å². The summed E-state index contributed by atoms with van der Waals surface area (Å²) in [4.78, 5) is 25.3. The van der Waals surface area contributed by atoms with Gasteiger partial charge in [0.05, 0.1) is 17.3 Å². The van der Waals surface area contributed by atoms with Crippen molar-refractivity contribution < 1.29 is 14.0 Å². The van der Waals surface area contributed by atoms with Crippen LogP contribution in [0.15, 0.2) is 108 Å². The van der Waals surface area contributed by atoms with Gasteiger partial charge in [-0.1, -0.05) is 54.6 Å². The van der Waals surface area contributed by atoms with E-state index >= 15 is 0 Å². The number of hydrogen-bond acceptors (Lipinski definition) is 3. The van der Waals surface area contributed by atoms with E-state index in [2.05, 4.69) is 10.6 Å². The van der Waals surface area contributed by atoms with Gasteiger partial charge < -0.3 is 14.7 Å². The SMILES string of the molecule is NC(=O)c1cccc2c1c1[c]cc(-c3ccco3)cc1n2Cc1cccc(C(=O)c2ccccc2)c1. The maximum Gasteiger partial charge on any atom is 0.249 e. The van der Waals surface area contributed by atoms with Gasteiger partial charge >= 0.3 is 0 Å². The lowest BCUT2D eigenvalue weighted by Gasteiger charge is -2.10. The van der Waals surface area contributed by atoms with E-state index in [0.717, 1.165) is 38.7 Å². The number of nitrogens with two attached hydrogens (primary N) is 1. The van der Waals surface area contributed by atoms with Crippen LogP contribution >= 0.6 is 0 Å². The van der Waals surface area contributed by atoms with Crippen molar-refractivity contribution in [3.05, 3.63) is 132 Å². The molecule has 0 saturated carbocycles. The molecule has 173 valence electrons. The van der Waals surface area contributed by atoms with Gasteiger partial charge in [0.15, 0.2) is 5.78 Å². The topological polar surface area (TPSA) is 78.2 Å². The summed E-state index contributed by atoms with van der Waals surface area (Å²) in [5, 5.41) is 1.58. The molecule has 4 aromatic carbocycles. The first-order valence-corrected chi connectivity index (χ1v) is 11.6. The maximum absolute atomic E-state index is 13.0. The summed E-state index contributed by atoms with van der Waals surface area (Å²) in [6.45, 7) is 0.494. The molecule has 36 heavy (non-hydrogen) atoms. The molecule has 0 saturated heterocycles. The van der Waals surface area contributed by atoms with Gasteiger partial charge in [-0.15, -0.1) is 0 Å². The van der Waals surface area contributed by atoms with E-state index in [0.29, 0.717) is 23.2 Å². The van der Waals surface area contributed by atoms with E-state index in [4.69, 9.17) is 10.2 Å². The van der Waals surface area contributed by atoms with Crippen LogP contribution in [0.4, 0.5) is 0 Å². The third kappa shape index (κ3) is 3.67. The molecule has 0 atom stereocenters. The molecule has 2 heterocycles. The zero-order valence-corrected chi connectivity index (χ0v) is 19.3. The fourth-order valence-corrected chi connectivity index (χ4v) is 4.77. The number of hydrogen-bond donors (Lipinski definition) is 1. The highest BCUT2D eigenvalue weighted by atomic mass is 16.3. The van der Waals surface area contributed by atoms with E-state index in [1.54, 1.807) is 12.3 Å². The highest BCUT2D eigenvalue weighted by Crippen LogP contribution is 2.35. The van der Waals surface area contributed by atoms with Gasteiger partial charge in [-0.3, -0.25) is 9.59 Å². The standard InChI is InChI=1S/C31H21N2O3/c32-31(35)25-11-5-12-26-29(25)24-15-14-22(28-13-6-16-36-28)18-27(24)33(26)19-20-7-4-10-23(17-20)30(34)21-8-2-1-3-9-21/h1-14,16-18H,19H2,(H2,32,35). The largest absolute Gasteiger partial charge is 0.464 e. The molecule has 0 aliphatic rings. The lowest BCUT2D eigenvalue weighted by Crippen LogP contribution is -2.11. The van der Waals surface area contributed by atoms with E-state index in [1.807, 2.05) is 91.0 Å². The number of carbonyl (C=O) groups excluding carboxylic acids is 2. The van der Waals surface area contributed by atoms with Gasteiger partial charge in [-0.2, -0.15) is 0 Å². The summed E-state index contributed by atoms with van der Waals surface area (Å²) in [7, 11) is 0. The van der Waals surface area contributed by atoms with Gasteiger partial charge in [0, 0.05) is 39.6 Å². The molecule has 1 amide bonds. The summed E-state index contributed by atoms with van der Waals surface area (Å²) in [5.41, 5.74) is 11.1. The van der Waals surface area contributed by atoms with Gasteiger partial charge in [0.25, 0.3) is 0 Å². The Bertz CT molecular complexity index is 1750. The molecule has 5 heteroatoms. The highest BCUT2D eigenvalue weighted by molar-refractivity contribution is 6.18. The van der Waals surface area contributed by atoms with Crippen molar-refractivity contribution in [1.82, 2.24) is 4.57 Å². The Morgan fingerprint density at radius 3 is 2.42 bits per heavy atom. The van der Waals surface area contributed by atoms with Crippen LogP contribution in [0.1, 0.15) is 31.8 Å². The molecule has 0 spiro atoms. The minimum absolute atomic E-state index is 0.0240. The van der Waals surface area contributed by atoms with Crippen molar-refractivity contribution in [2.75, 3.05) is 0 Å². The summed E-state index contributed by atoms with van der Waals surface area (Å²) >= 11 is 0. The van der Waals surface area contributed by atoms with Gasteiger partial charge in [0.1, 0.15) is 5.76 Å². The molecule has 0 bridgehead atoms. The van der Waals surface area contributed by atoms with Crippen molar-refractivity contribution in [1.29, 1.82) is 0 Å². The molecule has 0 unspecified atom stereocenters. The number of primary amides is 1. The second-order valence-electron chi connectivity index (χ2n) is 8.67. The summed E-state index contributed by atoms with van der Waals surface area (Å²) in [5.74, 6) is 0.221. The van der Waals surface area contributed by atoms with Gasteiger partial charge in [-0.25, -0.2) is 0 Å². The third-order valence-corrected chi connectivity index (χ3v) is 6.43. The van der Waals surface area contributed by atoms with Crippen LogP contribution < -0.4 is 5.73 Å². The zero-order valence-electron chi connectivity index (χ0n) is 19.3. The predicted molar refractivity (Wildman–Crippen MR) is 140 cm³/mol. The van der Waals surface area contributed by atoms with Crippen LogP contribution in [-0.2, 0) is 6.54 Å². The second kappa shape index (κ2) is 8.71. The number of benzene rings is 4. The molecule has 0 aliphatic heterocycles. The Kier molecular flexibility index (Phi) is 5.23. The van der Waals surface area contributed by atoms with Gasteiger partial charge in [-0.05, 0) is 54.1 Å². The Labute approximate surface area is 207 Å². The average Bonchev–Trinajstić information content (AvgIpc) is 3.56. The van der Waals surface area contributed by atoms with Crippen molar-refractivity contribution in [3.8, 4) is 11.3 Å². The number of ketones is 1. The minimum atomic E-state index is -0.487. The third-order valence-electron chi connectivity index (χ3n) is 6.43. The predicted octanol–water partition coefficient (Wildman–Crippen LogP) is 6.23. The number of aromatic nitrogens is 1. The number of fused-ring (bicyclic) bond motifs is 3. The molecule has 0 fully saturated rings. The first-order chi connectivity index (χ1) is 17.6. The number of amides is 1. The molecule has 6 aromatic rings. The number of carbonyl (C=O) groups is 2. The smallest absolute Gasteiger partial charge is 0.249 e. The first kappa shape index (κ1) is 21.6. The molecule has 2 N–H and O–H groups in total. The monoisotopic (exact) mass is 469 g/mol.